The van der Waals surface area contributed by atoms with E-state index in [1.807, 2.05) is 37.3 Å². The number of aryl methyl sites for hydroxylation is 2. The van der Waals surface area contributed by atoms with E-state index in [2.05, 4.69) is 10.3 Å². The molecule has 3 rings (SSSR count). The number of rotatable bonds is 4. The lowest BCUT2D eigenvalue weighted by Gasteiger charge is -2.10. The Morgan fingerprint density at radius 3 is 2.62 bits per heavy atom. The largest absolute Gasteiger partial charge is 0.348 e. The van der Waals surface area contributed by atoms with Crippen LogP contribution in [0.15, 0.2) is 53.3 Å². The molecule has 0 aliphatic heterocycles. The molecule has 0 unspecified atom stereocenters. The first-order valence-electron chi connectivity index (χ1n) is 7.93. The topological polar surface area (TPSA) is 64.0 Å². The maximum absolute atomic E-state index is 12.4. The molecule has 5 heteroatoms. The van der Waals surface area contributed by atoms with Crippen molar-refractivity contribution in [2.45, 2.75) is 26.9 Å². The zero-order valence-corrected chi connectivity index (χ0v) is 13.7. The number of amides is 1. The summed E-state index contributed by atoms with van der Waals surface area (Å²) in [5.74, 6) is -0.158. The predicted octanol–water partition coefficient (Wildman–Crippen LogP) is 2.65. The van der Waals surface area contributed by atoms with Gasteiger partial charge in [-0.1, -0.05) is 30.3 Å². The highest BCUT2D eigenvalue weighted by Gasteiger charge is 2.11. The second-order valence-electron chi connectivity index (χ2n) is 5.62. The van der Waals surface area contributed by atoms with E-state index < -0.39 is 0 Å². The molecular formula is C19H19N3O2. The molecular weight excluding hydrogens is 302 g/mol. The standard InChI is InChI=1S/C19H19N3O2/c1-3-22-17-10-9-15(11-16(17)21-13(2)19(22)24)18(23)20-12-14-7-5-4-6-8-14/h4-11H,3,12H2,1-2H3,(H,20,23). The third-order valence-corrected chi connectivity index (χ3v) is 3.98. The molecule has 1 amide bonds. The Morgan fingerprint density at radius 1 is 1.17 bits per heavy atom. The smallest absolute Gasteiger partial charge is 0.272 e. The maximum atomic E-state index is 12.4. The molecule has 1 heterocycles. The van der Waals surface area contributed by atoms with Crippen molar-refractivity contribution in [3.8, 4) is 0 Å². The number of benzene rings is 2. The van der Waals surface area contributed by atoms with Gasteiger partial charge in [0.05, 0.1) is 11.0 Å². The normalized spacial score (nSPS) is 10.8. The lowest BCUT2D eigenvalue weighted by Crippen LogP contribution is -2.25. The van der Waals surface area contributed by atoms with Gasteiger partial charge in [-0.3, -0.25) is 9.59 Å². The minimum atomic E-state index is -0.158. The summed E-state index contributed by atoms with van der Waals surface area (Å²) in [4.78, 5) is 28.8. The van der Waals surface area contributed by atoms with Gasteiger partial charge in [0.25, 0.3) is 11.5 Å². The molecule has 2 aromatic carbocycles. The van der Waals surface area contributed by atoms with Crippen LogP contribution in [0.1, 0.15) is 28.5 Å². The highest BCUT2D eigenvalue weighted by atomic mass is 16.1. The minimum Gasteiger partial charge on any atom is -0.348 e. The van der Waals surface area contributed by atoms with Crippen LogP contribution >= 0.6 is 0 Å². The summed E-state index contributed by atoms with van der Waals surface area (Å²) in [7, 11) is 0. The van der Waals surface area contributed by atoms with Gasteiger partial charge in [-0.05, 0) is 37.6 Å². The van der Waals surface area contributed by atoms with Crippen molar-refractivity contribution < 1.29 is 4.79 Å². The molecule has 0 saturated carbocycles. The van der Waals surface area contributed by atoms with Gasteiger partial charge in [0.15, 0.2) is 0 Å². The zero-order chi connectivity index (χ0) is 17.1. The van der Waals surface area contributed by atoms with E-state index >= 15 is 0 Å². The number of hydrogen-bond acceptors (Lipinski definition) is 3. The predicted molar refractivity (Wildman–Crippen MR) is 94.0 cm³/mol. The Morgan fingerprint density at radius 2 is 1.92 bits per heavy atom. The number of nitrogens with one attached hydrogen (secondary N) is 1. The van der Waals surface area contributed by atoms with Crippen molar-refractivity contribution in [3.05, 3.63) is 75.7 Å². The highest BCUT2D eigenvalue weighted by Crippen LogP contribution is 2.13. The molecule has 5 nitrogen and oxygen atoms in total. The van der Waals surface area contributed by atoms with Gasteiger partial charge in [0, 0.05) is 18.7 Å². The fourth-order valence-corrected chi connectivity index (χ4v) is 2.71. The Kier molecular flexibility index (Phi) is 4.42. The Labute approximate surface area is 140 Å². The van der Waals surface area contributed by atoms with Crippen LogP contribution in [0, 0.1) is 6.92 Å². The maximum Gasteiger partial charge on any atom is 0.272 e. The van der Waals surface area contributed by atoms with Gasteiger partial charge < -0.3 is 9.88 Å². The second-order valence-corrected chi connectivity index (χ2v) is 5.62. The number of carbonyl (C=O) groups is 1. The summed E-state index contributed by atoms with van der Waals surface area (Å²) in [5, 5.41) is 2.90. The van der Waals surface area contributed by atoms with E-state index in [-0.39, 0.29) is 11.5 Å². The lowest BCUT2D eigenvalue weighted by molar-refractivity contribution is 0.0951. The summed E-state index contributed by atoms with van der Waals surface area (Å²) in [5.41, 5.74) is 3.32. The molecule has 0 saturated heterocycles. The van der Waals surface area contributed by atoms with Crippen LogP contribution in [0.4, 0.5) is 0 Å². The number of fused-ring (bicyclic) bond motifs is 1. The van der Waals surface area contributed by atoms with Gasteiger partial charge in [-0.2, -0.15) is 0 Å². The average Bonchev–Trinajstić information content (AvgIpc) is 2.61. The van der Waals surface area contributed by atoms with Crippen LogP contribution in [0.3, 0.4) is 0 Å². The van der Waals surface area contributed by atoms with Gasteiger partial charge in [0.1, 0.15) is 5.69 Å². The molecule has 0 bridgehead atoms. The second kappa shape index (κ2) is 6.66. The third-order valence-electron chi connectivity index (χ3n) is 3.98. The molecule has 0 fully saturated rings. The third kappa shape index (κ3) is 3.06. The molecule has 122 valence electrons. The highest BCUT2D eigenvalue weighted by molar-refractivity contribution is 5.97. The van der Waals surface area contributed by atoms with Gasteiger partial charge in [0.2, 0.25) is 0 Å². The average molecular weight is 321 g/mol. The zero-order valence-electron chi connectivity index (χ0n) is 13.7. The van der Waals surface area contributed by atoms with Crippen LogP contribution in [0.25, 0.3) is 11.0 Å². The van der Waals surface area contributed by atoms with E-state index in [0.29, 0.717) is 29.9 Å². The van der Waals surface area contributed by atoms with Crippen molar-refractivity contribution in [1.29, 1.82) is 0 Å². The van der Waals surface area contributed by atoms with Crippen LogP contribution in [0.5, 0.6) is 0 Å². The molecule has 0 aliphatic rings. The van der Waals surface area contributed by atoms with Crippen molar-refractivity contribution in [2.24, 2.45) is 0 Å². The van der Waals surface area contributed by atoms with Crippen molar-refractivity contribution in [1.82, 2.24) is 14.9 Å². The Balaban J connectivity index is 1.89. The molecule has 0 atom stereocenters. The van der Waals surface area contributed by atoms with E-state index in [1.165, 1.54) is 0 Å². The molecule has 0 radical (unpaired) electrons. The van der Waals surface area contributed by atoms with E-state index in [9.17, 15) is 9.59 Å². The van der Waals surface area contributed by atoms with Crippen LogP contribution < -0.4 is 10.9 Å². The monoisotopic (exact) mass is 321 g/mol. The summed E-state index contributed by atoms with van der Waals surface area (Å²) in [6.45, 7) is 4.65. The van der Waals surface area contributed by atoms with Crippen LogP contribution in [-0.2, 0) is 13.1 Å². The molecule has 1 N–H and O–H groups in total. The Bertz CT molecular complexity index is 946. The number of aromatic nitrogens is 2. The molecule has 1 aromatic heterocycles. The summed E-state index contributed by atoms with van der Waals surface area (Å²) in [6, 6.07) is 15.0. The van der Waals surface area contributed by atoms with Crippen LogP contribution in [0.2, 0.25) is 0 Å². The number of nitrogens with zero attached hydrogens (tertiary/aromatic N) is 2. The molecule has 24 heavy (non-hydrogen) atoms. The molecule has 0 aliphatic carbocycles. The van der Waals surface area contributed by atoms with Crippen molar-refractivity contribution >= 4 is 16.9 Å². The lowest BCUT2D eigenvalue weighted by atomic mass is 10.1. The molecule has 0 spiro atoms. The van der Waals surface area contributed by atoms with E-state index in [1.54, 1.807) is 29.7 Å². The first-order valence-corrected chi connectivity index (χ1v) is 7.93. The van der Waals surface area contributed by atoms with Crippen molar-refractivity contribution in [3.63, 3.8) is 0 Å². The summed E-state index contributed by atoms with van der Waals surface area (Å²) in [6.07, 6.45) is 0. The fraction of sp³-hybridized carbons (Fsp3) is 0.211. The number of carbonyl (C=O) groups excluding carboxylic acids is 1. The van der Waals surface area contributed by atoms with Crippen molar-refractivity contribution in [2.75, 3.05) is 0 Å². The minimum absolute atomic E-state index is 0.0914. The van der Waals surface area contributed by atoms with Gasteiger partial charge in [-0.25, -0.2) is 4.98 Å². The summed E-state index contributed by atoms with van der Waals surface area (Å²) >= 11 is 0. The molecule has 3 aromatic rings. The Hall–Kier alpha value is -2.95. The van der Waals surface area contributed by atoms with Crippen LogP contribution in [-0.4, -0.2) is 15.5 Å². The van der Waals surface area contributed by atoms with Gasteiger partial charge in [-0.15, -0.1) is 0 Å². The van der Waals surface area contributed by atoms with E-state index in [0.717, 1.165) is 11.1 Å². The van der Waals surface area contributed by atoms with Gasteiger partial charge >= 0.3 is 0 Å². The summed E-state index contributed by atoms with van der Waals surface area (Å²) < 4.78 is 1.67. The van der Waals surface area contributed by atoms with E-state index in [4.69, 9.17) is 0 Å². The first kappa shape index (κ1) is 15.9. The quantitative estimate of drug-likeness (QED) is 0.803. The number of hydrogen-bond donors (Lipinski definition) is 1. The first-order chi connectivity index (χ1) is 11.6. The SMILES string of the molecule is CCn1c(=O)c(C)nc2cc(C(=O)NCc3ccccc3)ccc21. The fourth-order valence-electron chi connectivity index (χ4n) is 2.71.